The van der Waals surface area contributed by atoms with Gasteiger partial charge in [-0.2, -0.15) is 0 Å². The number of piperazine rings is 1. The maximum Gasteiger partial charge on any atom is 0.257 e. The summed E-state index contributed by atoms with van der Waals surface area (Å²) in [5.74, 6) is -0.333. The Morgan fingerprint density at radius 2 is 1.65 bits per heavy atom. The summed E-state index contributed by atoms with van der Waals surface area (Å²) >= 11 is 0. The normalized spacial score (nSPS) is 14.7. The Bertz CT molecular complexity index is 488. The lowest BCUT2D eigenvalue weighted by Gasteiger charge is -2.34. The molecule has 1 aromatic rings. The van der Waals surface area contributed by atoms with E-state index in [1.165, 1.54) is 6.07 Å². The summed E-state index contributed by atoms with van der Waals surface area (Å²) in [6.07, 6.45) is 0. The summed E-state index contributed by atoms with van der Waals surface area (Å²) in [7, 11) is 0. The third-order valence-corrected chi connectivity index (χ3v) is 3.23. The molecule has 7 heteroatoms. The van der Waals surface area contributed by atoms with Crippen molar-refractivity contribution in [1.82, 2.24) is 9.80 Å². The molecular weight excluding hydrogens is 282 g/mol. The number of hydrogen-bond donors (Lipinski definition) is 2. The number of para-hydroxylation sites is 1. The summed E-state index contributed by atoms with van der Waals surface area (Å²) in [6.45, 7) is 1.87. The van der Waals surface area contributed by atoms with Gasteiger partial charge < -0.3 is 20.6 Å². The molecule has 1 aliphatic rings. The first-order valence-electron chi connectivity index (χ1n) is 6.18. The average Bonchev–Trinajstić information content (AvgIpc) is 2.46. The van der Waals surface area contributed by atoms with Gasteiger partial charge in [0.15, 0.2) is 0 Å². The average molecular weight is 300 g/mol. The summed E-state index contributed by atoms with van der Waals surface area (Å²) in [5.41, 5.74) is 5.60. The van der Waals surface area contributed by atoms with Gasteiger partial charge in [0, 0.05) is 26.2 Å². The molecule has 0 saturated carbocycles. The van der Waals surface area contributed by atoms with E-state index in [0.29, 0.717) is 31.7 Å². The van der Waals surface area contributed by atoms with Crippen molar-refractivity contribution in [2.75, 3.05) is 32.7 Å². The predicted molar refractivity (Wildman–Crippen MR) is 76.9 cm³/mol. The Morgan fingerprint density at radius 1 is 1.10 bits per heavy atom. The standard InChI is InChI=1S/C13H17N3O3.ClH/c14-9-12(18)15-5-7-16(8-6-15)13(19)10-3-1-2-4-11(10)17;/h1-4,17H,5-9,14H2;1H. The van der Waals surface area contributed by atoms with Crippen molar-refractivity contribution in [3.8, 4) is 5.75 Å². The second kappa shape index (κ2) is 7.12. The maximum atomic E-state index is 12.2. The van der Waals surface area contributed by atoms with Crippen LogP contribution in [0.1, 0.15) is 10.4 Å². The molecule has 1 aromatic carbocycles. The van der Waals surface area contributed by atoms with E-state index >= 15 is 0 Å². The molecule has 0 radical (unpaired) electrons. The van der Waals surface area contributed by atoms with Crippen molar-refractivity contribution in [3.05, 3.63) is 29.8 Å². The van der Waals surface area contributed by atoms with E-state index in [9.17, 15) is 14.7 Å². The van der Waals surface area contributed by atoms with E-state index < -0.39 is 0 Å². The lowest BCUT2D eigenvalue weighted by atomic mass is 10.1. The highest BCUT2D eigenvalue weighted by Crippen LogP contribution is 2.18. The zero-order chi connectivity index (χ0) is 13.8. The number of nitrogens with two attached hydrogens (primary N) is 1. The van der Waals surface area contributed by atoms with Crippen molar-refractivity contribution in [1.29, 1.82) is 0 Å². The van der Waals surface area contributed by atoms with Gasteiger partial charge in [0.2, 0.25) is 5.91 Å². The molecule has 0 spiro atoms. The molecular formula is C13H18ClN3O3. The van der Waals surface area contributed by atoms with Crippen LogP contribution in [0.2, 0.25) is 0 Å². The summed E-state index contributed by atoms with van der Waals surface area (Å²) in [5, 5.41) is 9.66. The Kier molecular flexibility index (Phi) is 5.79. The van der Waals surface area contributed by atoms with Gasteiger partial charge in [-0.1, -0.05) is 12.1 Å². The van der Waals surface area contributed by atoms with Gasteiger partial charge in [0.1, 0.15) is 5.75 Å². The SMILES string of the molecule is Cl.NCC(=O)N1CCN(C(=O)c2ccccc2O)CC1. The monoisotopic (exact) mass is 299 g/mol. The first-order chi connectivity index (χ1) is 9.13. The van der Waals surface area contributed by atoms with E-state index in [1.807, 2.05) is 0 Å². The number of amides is 2. The minimum absolute atomic E-state index is 0. The van der Waals surface area contributed by atoms with Gasteiger partial charge in [0.25, 0.3) is 5.91 Å². The van der Waals surface area contributed by atoms with Gasteiger partial charge in [0.05, 0.1) is 12.1 Å². The van der Waals surface area contributed by atoms with E-state index in [0.717, 1.165) is 0 Å². The summed E-state index contributed by atoms with van der Waals surface area (Å²) in [4.78, 5) is 26.9. The van der Waals surface area contributed by atoms with Crippen LogP contribution in [0.5, 0.6) is 5.75 Å². The van der Waals surface area contributed by atoms with Crippen LogP contribution >= 0.6 is 12.4 Å². The first-order valence-corrected chi connectivity index (χ1v) is 6.18. The zero-order valence-corrected chi connectivity index (χ0v) is 11.8. The first kappa shape index (κ1) is 16.3. The third kappa shape index (κ3) is 3.40. The van der Waals surface area contributed by atoms with Gasteiger partial charge in [-0.25, -0.2) is 0 Å². The van der Waals surface area contributed by atoms with Crippen LogP contribution in [-0.4, -0.2) is 59.4 Å². The van der Waals surface area contributed by atoms with Crippen LogP contribution in [0, 0.1) is 0 Å². The molecule has 1 aliphatic heterocycles. The van der Waals surface area contributed by atoms with Crippen molar-refractivity contribution < 1.29 is 14.7 Å². The van der Waals surface area contributed by atoms with Crippen LogP contribution in [0.25, 0.3) is 0 Å². The highest BCUT2D eigenvalue weighted by molar-refractivity contribution is 5.97. The van der Waals surface area contributed by atoms with Crippen molar-refractivity contribution in [2.45, 2.75) is 0 Å². The van der Waals surface area contributed by atoms with E-state index in [-0.39, 0.29) is 36.5 Å². The molecule has 0 bridgehead atoms. The van der Waals surface area contributed by atoms with E-state index in [1.54, 1.807) is 28.0 Å². The number of aromatic hydroxyl groups is 1. The van der Waals surface area contributed by atoms with Gasteiger partial charge in [-0.05, 0) is 12.1 Å². The van der Waals surface area contributed by atoms with Crippen LogP contribution in [-0.2, 0) is 4.79 Å². The molecule has 0 aromatic heterocycles. The molecule has 2 amide bonds. The number of benzene rings is 1. The molecule has 3 N–H and O–H groups in total. The fourth-order valence-electron chi connectivity index (χ4n) is 2.11. The number of carbonyl (C=O) groups is 2. The smallest absolute Gasteiger partial charge is 0.257 e. The lowest BCUT2D eigenvalue weighted by Crippen LogP contribution is -2.51. The second-order valence-corrected chi connectivity index (χ2v) is 4.39. The van der Waals surface area contributed by atoms with Crippen molar-refractivity contribution in [3.63, 3.8) is 0 Å². The highest BCUT2D eigenvalue weighted by atomic mass is 35.5. The molecule has 6 nitrogen and oxygen atoms in total. The third-order valence-electron chi connectivity index (χ3n) is 3.23. The van der Waals surface area contributed by atoms with Gasteiger partial charge in [-0.3, -0.25) is 9.59 Å². The molecule has 20 heavy (non-hydrogen) atoms. The fraction of sp³-hybridized carbons (Fsp3) is 0.385. The minimum Gasteiger partial charge on any atom is -0.507 e. The van der Waals surface area contributed by atoms with Crippen LogP contribution in [0.15, 0.2) is 24.3 Å². The number of nitrogens with zero attached hydrogens (tertiary/aromatic N) is 2. The van der Waals surface area contributed by atoms with Crippen LogP contribution in [0.4, 0.5) is 0 Å². The van der Waals surface area contributed by atoms with Gasteiger partial charge >= 0.3 is 0 Å². The molecule has 1 fully saturated rings. The largest absolute Gasteiger partial charge is 0.507 e. The van der Waals surface area contributed by atoms with Crippen molar-refractivity contribution >= 4 is 24.2 Å². The Labute approximate surface area is 123 Å². The minimum atomic E-state index is -0.210. The fourth-order valence-corrected chi connectivity index (χ4v) is 2.11. The van der Waals surface area contributed by atoms with Gasteiger partial charge in [-0.15, -0.1) is 12.4 Å². The van der Waals surface area contributed by atoms with E-state index in [4.69, 9.17) is 5.73 Å². The number of phenols is 1. The Morgan fingerprint density at radius 3 is 2.20 bits per heavy atom. The van der Waals surface area contributed by atoms with Crippen molar-refractivity contribution in [2.24, 2.45) is 5.73 Å². The molecule has 1 saturated heterocycles. The molecule has 0 unspecified atom stereocenters. The summed E-state index contributed by atoms with van der Waals surface area (Å²) in [6, 6.07) is 6.46. The second-order valence-electron chi connectivity index (χ2n) is 4.39. The summed E-state index contributed by atoms with van der Waals surface area (Å²) < 4.78 is 0. The number of carbonyl (C=O) groups excluding carboxylic acids is 2. The molecule has 1 heterocycles. The van der Waals surface area contributed by atoms with Crippen LogP contribution < -0.4 is 5.73 Å². The molecule has 110 valence electrons. The molecule has 0 aliphatic carbocycles. The predicted octanol–water partition coefficient (Wildman–Crippen LogP) is 0.0571. The number of rotatable bonds is 2. The number of hydrogen-bond acceptors (Lipinski definition) is 4. The lowest BCUT2D eigenvalue weighted by molar-refractivity contribution is -0.131. The molecule has 0 atom stereocenters. The Balaban J connectivity index is 0.00000200. The number of halogens is 1. The van der Waals surface area contributed by atoms with Crippen LogP contribution in [0.3, 0.4) is 0 Å². The molecule has 2 rings (SSSR count). The highest BCUT2D eigenvalue weighted by Gasteiger charge is 2.25. The Hall–Kier alpha value is -1.79. The topological polar surface area (TPSA) is 86.9 Å². The zero-order valence-electron chi connectivity index (χ0n) is 11.0. The van der Waals surface area contributed by atoms with E-state index in [2.05, 4.69) is 0 Å². The maximum absolute atomic E-state index is 12.2. The number of phenolic OH excluding ortho intramolecular Hbond substituents is 1. The quantitative estimate of drug-likeness (QED) is 0.808.